The first-order valence-corrected chi connectivity index (χ1v) is 5.21. The second-order valence-electron chi connectivity index (χ2n) is 3.62. The quantitative estimate of drug-likeness (QED) is 0.807. The van der Waals surface area contributed by atoms with Crippen molar-refractivity contribution >= 4 is 5.91 Å². The molecule has 0 heterocycles. The van der Waals surface area contributed by atoms with Crippen LogP contribution in [0.1, 0.15) is 25.5 Å². The topological polar surface area (TPSA) is 58.6 Å². The van der Waals surface area contributed by atoms with Gasteiger partial charge in [-0.3, -0.25) is 4.79 Å². The maximum absolute atomic E-state index is 11.2. The molecule has 0 fully saturated rings. The Morgan fingerprint density at radius 2 is 1.88 bits per heavy atom. The molecule has 1 rings (SSSR count). The average molecular weight is 223 g/mol. The van der Waals surface area contributed by atoms with E-state index in [0.29, 0.717) is 5.75 Å². The molecule has 0 bridgehead atoms. The highest BCUT2D eigenvalue weighted by atomic mass is 16.5. The molecule has 0 aliphatic carbocycles. The van der Waals surface area contributed by atoms with E-state index in [4.69, 9.17) is 4.74 Å². The van der Waals surface area contributed by atoms with Crippen molar-refractivity contribution in [3.63, 3.8) is 0 Å². The molecule has 2 N–H and O–H groups in total. The maximum Gasteiger partial charge on any atom is 0.260 e. The molecule has 1 aromatic rings. The Labute approximate surface area is 95.2 Å². The van der Waals surface area contributed by atoms with Gasteiger partial charge < -0.3 is 15.2 Å². The molecular formula is C12H17NO3. The van der Waals surface area contributed by atoms with Crippen LogP contribution in [0.2, 0.25) is 0 Å². The molecule has 0 saturated heterocycles. The first-order chi connectivity index (χ1) is 7.54. The number of aliphatic hydroxyl groups is 1. The number of carbonyl (C=O) groups excluding carboxylic acids is 1. The van der Waals surface area contributed by atoms with E-state index in [-0.39, 0.29) is 5.91 Å². The predicted molar refractivity (Wildman–Crippen MR) is 61.2 cm³/mol. The van der Waals surface area contributed by atoms with Crippen molar-refractivity contribution in [3.8, 4) is 5.75 Å². The van der Waals surface area contributed by atoms with E-state index in [1.165, 1.54) is 0 Å². The third-order valence-electron chi connectivity index (χ3n) is 2.29. The van der Waals surface area contributed by atoms with Crippen molar-refractivity contribution in [2.45, 2.75) is 26.1 Å². The van der Waals surface area contributed by atoms with Gasteiger partial charge in [-0.15, -0.1) is 0 Å². The molecule has 0 saturated carbocycles. The van der Waals surface area contributed by atoms with E-state index in [0.717, 1.165) is 5.56 Å². The molecular weight excluding hydrogens is 206 g/mol. The molecule has 1 amide bonds. The first-order valence-electron chi connectivity index (χ1n) is 5.21. The Morgan fingerprint density at radius 3 is 2.31 bits per heavy atom. The SMILES string of the molecule is CNC(=O)C(C)Oc1ccc(C(C)O)cc1. The fraction of sp³-hybridized carbons (Fsp3) is 0.417. The van der Waals surface area contributed by atoms with Crippen LogP contribution in [0.15, 0.2) is 24.3 Å². The van der Waals surface area contributed by atoms with Gasteiger partial charge in [0, 0.05) is 7.05 Å². The van der Waals surface area contributed by atoms with E-state index in [2.05, 4.69) is 5.32 Å². The van der Waals surface area contributed by atoms with Crippen molar-refractivity contribution in [2.75, 3.05) is 7.05 Å². The van der Waals surface area contributed by atoms with Crippen molar-refractivity contribution in [2.24, 2.45) is 0 Å². The summed E-state index contributed by atoms with van der Waals surface area (Å²) in [5.74, 6) is 0.445. The lowest BCUT2D eigenvalue weighted by atomic mass is 10.1. The summed E-state index contributed by atoms with van der Waals surface area (Å²) in [4.78, 5) is 11.2. The average Bonchev–Trinajstić information content (AvgIpc) is 2.28. The van der Waals surface area contributed by atoms with Crippen LogP contribution in [0.3, 0.4) is 0 Å². The summed E-state index contributed by atoms with van der Waals surface area (Å²) in [6.07, 6.45) is -1.02. The van der Waals surface area contributed by atoms with Gasteiger partial charge >= 0.3 is 0 Å². The van der Waals surface area contributed by atoms with E-state index >= 15 is 0 Å². The Balaban J connectivity index is 2.65. The monoisotopic (exact) mass is 223 g/mol. The minimum atomic E-state index is -0.526. The number of hydrogen-bond acceptors (Lipinski definition) is 3. The zero-order valence-corrected chi connectivity index (χ0v) is 9.73. The Kier molecular flexibility index (Phi) is 4.31. The third-order valence-corrected chi connectivity index (χ3v) is 2.29. The van der Waals surface area contributed by atoms with Gasteiger partial charge in [-0.1, -0.05) is 12.1 Å². The lowest BCUT2D eigenvalue weighted by Crippen LogP contribution is -2.33. The normalized spacial score (nSPS) is 14.0. The number of rotatable bonds is 4. The molecule has 16 heavy (non-hydrogen) atoms. The molecule has 4 nitrogen and oxygen atoms in total. The van der Waals surface area contributed by atoms with Crippen molar-refractivity contribution in [1.82, 2.24) is 5.32 Å². The molecule has 2 unspecified atom stereocenters. The van der Waals surface area contributed by atoms with Crippen LogP contribution in [-0.4, -0.2) is 24.2 Å². The number of carbonyl (C=O) groups is 1. The summed E-state index contributed by atoms with van der Waals surface area (Å²) < 4.78 is 5.41. The van der Waals surface area contributed by atoms with Crippen molar-refractivity contribution in [1.29, 1.82) is 0 Å². The molecule has 0 aromatic heterocycles. The number of likely N-dealkylation sites (N-methyl/N-ethyl adjacent to an activating group) is 1. The van der Waals surface area contributed by atoms with Crippen LogP contribution in [0.25, 0.3) is 0 Å². The van der Waals surface area contributed by atoms with Gasteiger partial charge in [0.1, 0.15) is 5.75 Å². The second kappa shape index (κ2) is 5.51. The summed E-state index contributed by atoms with van der Waals surface area (Å²) in [7, 11) is 1.57. The van der Waals surface area contributed by atoms with Crippen LogP contribution >= 0.6 is 0 Å². The van der Waals surface area contributed by atoms with Gasteiger partial charge in [0.25, 0.3) is 5.91 Å². The zero-order chi connectivity index (χ0) is 12.1. The van der Waals surface area contributed by atoms with Gasteiger partial charge in [-0.25, -0.2) is 0 Å². The molecule has 88 valence electrons. The van der Waals surface area contributed by atoms with E-state index in [1.54, 1.807) is 45.2 Å². The minimum Gasteiger partial charge on any atom is -0.481 e. The van der Waals surface area contributed by atoms with Gasteiger partial charge in [0.15, 0.2) is 6.10 Å². The molecule has 0 aliphatic rings. The fourth-order valence-electron chi connectivity index (χ4n) is 1.29. The standard InChI is InChI=1S/C12H17NO3/c1-8(14)10-4-6-11(7-5-10)16-9(2)12(15)13-3/h4-9,14H,1-3H3,(H,13,15). The van der Waals surface area contributed by atoms with E-state index < -0.39 is 12.2 Å². The second-order valence-corrected chi connectivity index (χ2v) is 3.62. The Hall–Kier alpha value is -1.55. The van der Waals surface area contributed by atoms with Gasteiger partial charge in [-0.05, 0) is 31.5 Å². The molecule has 4 heteroatoms. The number of nitrogens with one attached hydrogen (secondary N) is 1. The van der Waals surface area contributed by atoms with E-state index in [9.17, 15) is 9.90 Å². The first kappa shape index (κ1) is 12.5. The molecule has 0 aliphatic heterocycles. The highest BCUT2D eigenvalue weighted by molar-refractivity contribution is 5.80. The number of hydrogen-bond donors (Lipinski definition) is 2. The van der Waals surface area contributed by atoms with Crippen LogP contribution in [0.4, 0.5) is 0 Å². The van der Waals surface area contributed by atoms with Gasteiger partial charge in [0.05, 0.1) is 6.10 Å². The number of ether oxygens (including phenoxy) is 1. The van der Waals surface area contributed by atoms with Gasteiger partial charge in [-0.2, -0.15) is 0 Å². The van der Waals surface area contributed by atoms with Crippen LogP contribution in [-0.2, 0) is 4.79 Å². The predicted octanol–water partition coefficient (Wildman–Crippen LogP) is 1.25. The minimum absolute atomic E-state index is 0.167. The van der Waals surface area contributed by atoms with Crippen LogP contribution in [0, 0.1) is 0 Å². The maximum atomic E-state index is 11.2. The summed E-state index contributed by atoms with van der Waals surface area (Å²) in [5.41, 5.74) is 0.819. The summed E-state index contributed by atoms with van der Waals surface area (Å²) in [6.45, 7) is 3.38. The van der Waals surface area contributed by atoms with Crippen LogP contribution in [0.5, 0.6) is 5.75 Å². The number of aliphatic hydroxyl groups excluding tert-OH is 1. The Morgan fingerprint density at radius 1 is 1.31 bits per heavy atom. The largest absolute Gasteiger partial charge is 0.481 e. The van der Waals surface area contributed by atoms with Crippen molar-refractivity contribution in [3.05, 3.63) is 29.8 Å². The lowest BCUT2D eigenvalue weighted by molar-refractivity contribution is -0.126. The molecule has 0 spiro atoms. The number of amides is 1. The van der Waals surface area contributed by atoms with Crippen LogP contribution < -0.4 is 10.1 Å². The summed E-state index contributed by atoms with van der Waals surface area (Å²) in [6, 6.07) is 7.02. The van der Waals surface area contributed by atoms with Crippen molar-refractivity contribution < 1.29 is 14.6 Å². The summed E-state index contributed by atoms with van der Waals surface area (Å²) >= 11 is 0. The Bertz CT molecular complexity index is 346. The van der Waals surface area contributed by atoms with E-state index in [1.807, 2.05) is 0 Å². The number of benzene rings is 1. The lowest BCUT2D eigenvalue weighted by Gasteiger charge is -2.13. The molecule has 2 atom stereocenters. The zero-order valence-electron chi connectivity index (χ0n) is 9.73. The fourth-order valence-corrected chi connectivity index (χ4v) is 1.29. The molecule has 0 radical (unpaired) electrons. The summed E-state index contributed by atoms with van der Waals surface area (Å²) in [5, 5.41) is 11.8. The highest BCUT2D eigenvalue weighted by Gasteiger charge is 2.12. The molecule has 1 aromatic carbocycles. The third kappa shape index (κ3) is 3.24. The highest BCUT2D eigenvalue weighted by Crippen LogP contribution is 2.18. The van der Waals surface area contributed by atoms with Gasteiger partial charge in [0.2, 0.25) is 0 Å². The smallest absolute Gasteiger partial charge is 0.260 e.